The SMILES string of the molecule is CCn1c2ccccc2c2cc(NC(=O)COC(=O)c3ccc(Cl)c(S(=O)(=O)N(C)c4ccccc4)c3)ccc21. The van der Waals surface area contributed by atoms with Gasteiger partial charge in [0.25, 0.3) is 15.9 Å². The molecule has 0 aliphatic rings. The van der Waals surface area contributed by atoms with Gasteiger partial charge in [-0.3, -0.25) is 9.10 Å². The molecular formula is C30H26ClN3O5S. The van der Waals surface area contributed by atoms with Crippen LogP contribution in [-0.2, 0) is 26.1 Å². The highest BCUT2D eigenvalue weighted by Gasteiger charge is 2.26. The summed E-state index contributed by atoms with van der Waals surface area (Å²) in [5.74, 6) is -1.38. The lowest BCUT2D eigenvalue weighted by Crippen LogP contribution is -2.27. The molecule has 1 N–H and O–H groups in total. The average molecular weight is 576 g/mol. The number of esters is 1. The molecule has 40 heavy (non-hydrogen) atoms. The van der Waals surface area contributed by atoms with Crippen LogP contribution < -0.4 is 9.62 Å². The Kier molecular flexibility index (Phi) is 7.51. The molecule has 0 saturated heterocycles. The number of rotatable bonds is 8. The van der Waals surface area contributed by atoms with Gasteiger partial charge in [-0.15, -0.1) is 0 Å². The number of halogens is 1. The third-order valence-corrected chi connectivity index (χ3v) is 8.90. The van der Waals surface area contributed by atoms with E-state index in [4.69, 9.17) is 16.3 Å². The molecule has 8 nitrogen and oxygen atoms in total. The van der Waals surface area contributed by atoms with Crippen LogP contribution >= 0.6 is 11.6 Å². The third-order valence-electron chi connectivity index (χ3n) is 6.63. The quantitative estimate of drug-likeness (QED) is 0.226. The van der Waals surface area contributed by atoms with E-state index >= 15 is 0 Å². The number of carbonyl (C=O) groups excluding carboxylic acids is 2. The zero-order chi connectivity index (χ0) is 28.4. The first-order valence-corrected chi connectivity index (χ1v) is 14.3. The van der Waals surface area contributed by atoms with Gasteiger partial charge in [0.2, 0.25) is 0 Å². The van der Waals surface area contributed by atoms with E-state index in [1.54, 1.807) is 36.4 Å². The van der Waals surface area contributed by atoms with Crippen LogP contribution in [0.4, 0.5) is 11.4 Å². The second-order valence-electron chi connectivity index (χ2n) is 9.07. The van der Waals surface area contributed by atoms with Gasteiger partial charge in [-0.05, 0) is 61.5 Å². The Hall–Kier alpha value is -4.34. The van der Waals surface area contributed by atoms with Gasteiger partial charge in [0.1, 0.15) is 4.90 Å². The predicted molar refractivity (Wildman–Crippen MR) is 158 cm³/mol. The highest BCUT2D eigenvalue weighted by atomic mass is 35.5. The van der Waals surface area contributed by atoms with Crippen LogP contribution in [0.15, 0.2) is 95.9 Å². The first-order chi connectivity index (χ1) is 19.2. The van der Waals surface area contributed by atoms with E-state index in [1.807, 2.05) is 30.3 Å². The Labute approximate surface area is 236 Å². The molecule has 204 valence electrons. The lowest BCUT2D eigenvalue weighted by Gasteiger charge is -2.20. The highest BCUT2D eigenvalue weighted by molar-refractivity contribution is 7.93. The molecule has 0 aliphatic carbocycles. The van der Waals surface area contributed by atoms with Crippen LogP contribution in [0.3, 0.4) is 0 Å². The van der Waals surface area contributed by atoms with E-state index in [9.17, 15) is 18.0 Å². The highest BCUT2D eigenvalue weighted by Crippen LogP contribution is 2.31. The average Bonchev–Trinajstić information content (AvgIpc) is 3.29. The van der Waals surface area contributed by atoms with Crippen molar-refractivity contribution in [1.29, 1.82) is 0 Å². The van der Waals surface area contributed by atoms with E-state index in [0.29, 0.717) is 11.4 Å². The maximum absolute atomic E-state index is 13.2. The summed E-state index contributed by atoms with van der Waals surface area (Å²) in [4.78, 5) is 25.1. The van der Waals surface area contributed by atoms with Crippen LogP contribution in [-0.4, -0.2) is 38.5 Å². The number of hydrogen-bond acceptors (Lipinski definition) is 5. The van der Waals surface area contributed by atoms with Crippen molar-refractivity contribution in [3.05, 3.63) is 102 Å². The first-order valence-electron chi connectivity index (χ1n) is 12.5. The summed E-state index contributed by atoms with van der Waals surface area (Å²) < 4.78 is 34.9. The summed E-state index contributed by atoms with van der Waals surface area (Å²) in [6.45, 7) is 2.33. The molecule has 1 aromatic heterocycles. The van der Waals surface area contributed by atoms with Crippen LogP contribution in [0.25, 0.3) is 21.8 Å². The van der Waals surface area contributed by atoms with Gasteiger partial charge >= 0.3 is 5.97 Å². The minimum Gasteiger partial charge on any atom is -0.452 e. The molecule has 1 amide bonds. The number of carbonyl (C=O) groups is 2. The Morgan fingerprint density at radius 2 is 1.60 bits per heavy atom. The number of fused-ring (bicyclic) bond motifs is 3. The summed E-state index contributed by atoms with van der Waals surface area (Å²) in [5.41, 5.74) is 3.11. The molecule has 1 heterocycles. The molecule has 0 fully saturated rings. The van der Waals surface area contributed by atoms with Gasteiger partial charge in [0, 0.05) is 41.1 Å². The standard InChI is InChI=1S/C30H26ClN3O5S/c1-3-34-26-12-8-7-11-23(26)24-18-21(14-16-27(24)34)32-29(35)19-39-30(36)20-13-15-25(31)28(17-20)40(37,38)33(2)22-9-5-4-6-10-22/h4-18H,3,19H2,1-2H3,(H,32,35). The topological polar surface area (TPSA) is 97.7 Å². The summed E-state index contributed by atoms with van der Waals surface area (Å²) in [5, 5.41) is 4.80. The summed E-state index contributed by atoms with van der Waals surface area (Å²) in [6.07, 6.45) is 0. The maximum Gasteiger partial charge on any atom is 0.338 e. The summed E-state index contributed by atoms with van der Waals surface area (Å²) in [7, 11) is -2.68. The number of hydrogen-bond donors (Lipinski definition) is 1. The number of amides is 1. The fourth-order valence-corrected chi connectivity index (χ4v) is 6.33. The van der Waals surface area contributed by atoms with Gasteiger partial charge in [0.05, 0.1) is 16.3 Å². The van der Waals surface area contributed by atoms with Gasteiger partial charge in [-0.25, -0.2) is 13.2 Å². The van der Waals surface area contributed by atoms with Crippen molar-refractivity contribution in [2.45, 2.75) is 18.4 Å². The van der Waals surface area contributed by atoms with Crippen molar-refractivity contribution in [1.82, 2.24) is 4.57 Å². The zero-order valence-corrected chi connectivity index (χ0v) is 23.4. The van der Waals surface area contributed by atoms with Gasteiger partial charge in [-0.2, -0.15) is 0 Å². The van der Waals surface area contributed by atoms with Gasteiger partial charge in [-0.1, -0.05) is 48.0 Å². The molecule has 0 atom stereocenters. The monoisotopic (exact) mass is 575 g/mol. The van der Waals surface area contributed by atoms with Crippen LogP contribution in [0.5, 0.6) is 0 Å². The molecule has 4 aromatic carbocycles. The number of sulfonamides is 1. The van der Waals surface area contributed by atoms with Crippen molar-refractivity contribution in [3.63, 3.8) is 0 Å². The van der Waals surface area contributed by atoms with Crippen molar-refractivity contribution in [2.75, 3.05) is 23.3 Å². The molecule has 0 aliphatic heterocycles. The van der Waals surface area contributed by atoms with Crippen LogP contribution in [0.1, 0.15) is 17.3 Å². The molecule has 10 heteroatoms. The Morgan fingerprint density at radius 1 is 0.900 bits per heavy atom. The van der Waals surface area contributed by atoms with Crippen LogP contribution in [0, 0.1) is 0 Å². The molecular weight excluding hydrogens is 550 g/mol. The number of nitrogens with one attached hydrogen (secondary N) is 1. The largest absolute Gasteiger partial charge is 0.452 e. The van der Waals surface area contributed by atoms with E-state index < -0.39 is 28.5 Å². The molecule has 0 saturated carbocycles. The first kappa shape index (κ1) is 27.2. The van der Waals surface area contributed by atoms with Crippen LogP contribution in [0.2, 0.25) is 5.02 Å². The minimum absolute atomic E-state index is 0.0445. The second-order valence-corrected chi connectivity index (χ2v) is 11.4. The number of aryl methyl sites for hydroxylation is 1. The number of aromatic nitrogens is 1. The van der Waals surface area contributed by atoms with E-state index in [1.165, 1.54) is 19.2 Å². The normalized spacial score (nSPS) is 11.5. The second kappa shape index (κ2) is 11.0. The van der Waals surface area contributed by atoms with Crippen molar-refractivity contribution in [3.8, 4) is 0 Å². The Balaban J connectivity index is 1.29. The maximum atomic E-state index is 13.2. The minimum atomic E-state index is -4.07. The molecule has 0 bridgehead atoms. The van der Waals surface area contributed by atoms with Crippen molar-refractivity contribution in [2.24, 2.45) is 0 Å². The predicted octanol–water partition coefficient (Wildman–Crippen LogP) is 6.09. The lowest BCUT2D eigenvalue weighted by atomic mass is 10.1. The van der Waals surface area contributed by atoms with E-state index in [-0.39, 0.29) is 15.5 Å². The van der Waals surface area contributed by atoms with Gasteiger partial charge < -0.3 is 14.6 Å². The molecule has 0 spiro atoms. The zero-order valence-electron chi connectivity index (χ0n) is 21.8. The number of para-hydroxylation sites is 2. The Morgan fingerprint density at radius 3 is 2.35 bits per heavy atom. The number of ether oxygens (including phenoxy) is 1. The third kappa shape index (κ3) is 5.13. The lowest BCUT2D eigenvalue weighted by molar-refractivity contribution is -0.119. The molecule has 5 rings (SSSR count). The molecule has 0 unspecified atom stereocenters. The number of nitrogens with zero attached hydrogens (tertiary/aromatic N) is 2. The number of benzene rings is 4. The van der Waals surface area contributed by atoms with Crippen molar-refractivity contribution >= 4 is 66.7 Å². The summed E-state index contributed by atoms with van der Waals surface area (Å²) in [6, 6.07) is 26.0. The fraction of sp³-hybridized carbons (Fsp3) is 0.133. The number of anilines is 2. The van der Waals surface area contributed by atoms with E-state index in [2.05, 4.69) is 22.9 Å². The Bertz CT molecular complexity index is 1850. The van der Waals surface area contributed by atoms with Gasteiger partial charge in [0.15, 0.2) is 6.61 Å². The smallest absolute Gasteiger partial charge is 0.338 e. The summed E-state index contributed by atoms with van der Waals surface area (Å²) >= 11 is 6.20. The fourth-order valence-electron chi connectivity index (χ4n) is 4.64. The molecule has 0 radical (unpaired) electrons. The molecule has 5 aromatic rings. The van der Waals surface area contributed by atoms with E-state index in [0.717, 1.165) is 38.7 Å². The van der Waals surface area contributed by atoms with Crippen molar-refractivity contribution < 1.29 is 22.7 Å².